The Balaban J connectivity index is 1.53. The van der Waals surface area contributed by atoms with Crippen LogP contribution in [0.25, 0.3) is 33.3 Å². The molecule has 150 valence electrons. The molecule has 2 heterocycles. The summed E-state index contributed by atoms with van der Waals surface area (Å²) in [4.78, 5) is 24.7. The van der Waals surface area contributed by atoms with Crippen LogP contribution in [0.15, 0.2) is 95.9 Å². The first-order valence-corrected chi connectivity index (χ1v) is 10.1. The molecule has 5 rings (SSSR count). The van der Waals surface area contributed by atoms with E-state index >= 15 is 0 Å². The van der Waals surface area contributed by atoms with Gasteiger partial charge < -0.3 is 5.32 Å². The number of fused-ring (bicyclic) bond motifs is 1. The summed E-state index contributed by atoms with van der Waals surface area (Å²) < 4.78 is 0. The molecule has 3 aromatic carbocycles. The lowest BCUT2D eigenvalue weighted by molar-refractivity contribution is 1.14. The quantitative estimate of drug-likeness (QED) is 0.403. The average molecular weight is 404 g/mol. The lowest BCUT2D eigenvalue weighted by Gasteiger charge is -2.09. The second kappa shape index (κ2) is 7.88. The highest BCUT2D eigenvalue weighted by Gasteiger charge is 2.12. The van der Waals surface area contributed by atoms with E-state index in [1.54, 1.807) is 6.20 Å². The Bertz CT molecular complexity index is 1410. The zero-order valence-corrected chi connectivity index (χ0v) is 17.0. The molecule has 2 N–H and O–H groups in total. The van der Waals surface area contributed by atoms with Crippen molar-refractivity contribution in [3.63, 3.8) is 0 Å². The fourth-order valence-corrected chi connectivity index (χ4v) is 3.61. The number of anilines is 2. The van der Waals surface area contributed by atoms with E-state index in [1.165, 1.54) is 0 Å². The Morgan fingerprint density at radius 3 is 2.19 bits per heavy atom. The Kier molecular flexibility index (Phi) is 4.77. The highest BCUT2D eigenvalue weighted by molar-refractivity contribution is 5.92. The molecule has 5 aromatic rings. The SMILES string of the molecule is Cc1ccc(Nc2nc3nccc(-c4ccc(-c5ccccc5)cc4)c3c(=O)[nH]2)cc1. The molecule has 0 aliphatic rings. The van der Waals surface area contributed by atoms with Gasteiger partial charge in [-0.15, -0.1) is 0 Å². The molecule has 31 heavy (non-hydrogen) atoms. The number of aryl methyl sites for hydroxylation is 1. The Hall–Kier alpha value is -4.25. The molecule has 0 saturated carbocycles. The minimum Gasteiger partial charge on any atom is -0.326 e. The molecule has 0 saturated heterocycles. The predicted molar refractivity (Wildman–Crippen MR) is 125 cm³/mol. The second-order valence-corrected chi connectivity index (χ2v) is 7.41. The Morgan fingerprint density at radius 2 is 1.45 bits per heavy atom. The van der Waals surface area contributed by atoms with Gasteiger partial charge in [-0.2, -0.15) is 4.98 Å². The molecular formula is C26H20N4O. The second-order valence-electron chi connectivity index (χ2n) is 7.41. The third-order valence-corrected chi connectivity index (χ3v) is 5.22. The van der Waals surface area contributed by atoms with Crippen molar-refractivity contribution in [3.05, 3.63) is 107 Å². The van der Waals surface area contributed by atoms with Crippen LogP contribution in [0.4, 0.5) is 11.6 Å². The van der Waals surface area contributed by atoms with Gasteiger partial charge in [0.05, 0.1) is 5.39 Å². The number of benzene rings is 3. The van der Waals surface area contributed by atoms with Crippen molar-refractivity contribution >= 4 is 22.7 Å². The van der Waals surface area contributed by atoms with Crippen LogP contribution in [0.1, 0.15) is 5.56 Å². The number of aromatic amines is 1. The zero-order valence-electron chi connectivity index (χ0n) is 17.0. The van der Waals surface area contributed by atoms with Gasteiger partial charge in [-0.05, 0) is 47.4 Å². The maximum Gasteiger partial charge on any atom is 0.262 e. The first kappa shape index (κ1) is 18.8. The van der Waals surface area contributed by atoms with Crippen LogP contribution >= 0.6 is 0 Å². The molecule has 0 aliphatic carbocycles. The van der Waals surface area contributed by atoms with E-state index in [0.29, 0.717) is 17.0 Å². The number of rotatable bonds is 4. The van der Waals surface area contributed by atoms with Gasteiger partial charge in [-0.25, -0.2) is 4.98 Å². The number of hydrogen-bond donors (Lipinski definition) is 2. The van der Waals surface area contributed by atoms with Crippen molar-refractivity contribution in [2.75, 3.05) is 5.32 Å². The fraction of sp³-hybridized carbons (Fsp3) is 0.0385. The van der Waals surface area contributed by atoms with Gasteiger partial charge in [0.25, 0.3) is 5.56 Å². The molecule has 0 atom stereocenters. The first-order valence-electron chi connectivity index (χ1n) is 10.1. The maximum atomic E-state index is 13.0. The molecule has 5 heteroatoms. The van der Waals surface area contributed by atoms with Crippen LogP contribution in [-0.4, -0.2) is 15.0 Å². The highest BCUT2D eigenvalue weighted by atomic mass is 16.1. The summed E-state index contributed by atoms with van der Waals surface area (Å²) in [7, 11) is 0. The van der Waals surface area contributed by atoms with E-state index in [-0.39, 0.29) is 5.56 Å². The van der Waals surface area contributed by atoms with Crippen LogP contribution in [0, 0.1) is 6.92 Å². The molecule has 0 fully saturated rings. The number of pyridine rings is 1. The largest absolute Gasteiger partial charge is 0.326 e. The molecule has 0 radical (unpaired) electrons. The number of nitrogens with one attached hydrogen (secondary N) is 2. The Labute approximate surface area is 179 Å². The van der Waals surface area contributed by atoms with Crippen LogP contribution in [0.5, 0.6) is 0 Å². The molecule has 0 aliphatic heterocycles. The standard InChI is InChI=1S/C26H20N4O/c1-17-7-13-21(14-8-17)28-26-29-24-23(25(31)30-26)22(15-16-27-24)20-11-9-19(10-12-20)18-5-3-2-4-6-18/h2-16H,1H3,(H2,27,28,29,30,31). The first-order chi connectivity index (χ1) is 15.2. The summed E-state index contributed by atoms with van der Waals surface area (Å²) in [6.45, 7) is 2.03. The summed E-state index contributed by atoms with van der Waals surface area (Å²) in [5, 5.41) is 3.62. The van der Waals surface area contributed by atoms with Crippen LogP contribution in [0.3, 0.4) is 0 Å². The van der Waals surface area contributed by atoms with Gasteiger partial charge >= 0.3 is 0 Å². The van der Waals surface area contributed by atoms with Crippen molar-refractivity contribution in [2.45, 2.75) is 6.92 Å². The molecular weight excluding hydrogens is 384 g/mol. The van der Waals surface area contributed by atoms with Crippen molar-refractivity contribution in [1.29, 1.82) is 0 Å². The molecule has 0 amide bonds. The van der Waals surface area contributed by atoms with E-state index in [0.717, 1.165) is 33.5 Å². The highest BCUT2D eigenvalue weighted by Crippen LogP contribution is 2.28. The van der Waals surface area contributed by atoms with Gasteiger partial charge in [-0.3, -0.25) is 9.78 Å². The molecule has 0 unspecified atom stereocenters. The lowest BCUT2D eigenvalue weighted by Crippen LogP contribution is -2.13. The number of H-pyrrole nitrogens is 1. The summed E-state index contributed by atoms with van der Waals surface area (Å²) in [5.74, 6) is 0.366. The van der Waals surface area contributed by atoms with Gasteiger partial charge in [0.2, 0.25) is 5.95 Å². The van der Waals surface area contributed by atoms with Crippen molar-refractivity contribution in [1.82, 2.24) is 15.0 Å². The normalized spacial score (nSPS) is 10.9. The smallest absolute Gasteiger partial charge is 0.262 e. The summed E-state index contributed by atoms with van der Waals surface area (Å²) >= 11 is 0. The Morgan fingerprint density at radius 1 is 0.774 bits per heavy atom. The number of nitrogens with zero attached hydrogens (tertiary/aromatic N) is 2. The van der Waals surface area contributed by atoms with E-state index < -0.39 is 0 Å². The van der Waals surface area contributed by atoms with Crippen molar-refractivity contribution < 1.29 is 0 Å². The predicted octanol–water partition coefficient (Wildman–Crippen LogP) is 5.70. The molecule has 2 aromatic heterocycles. The van der Waals surface area contributed by atoms with Gasteiger partial charge in [0, 0.05) is 11.9 Å². The van der Waals surface area contributed by atoms with Crippen molar-refractivity contribution in [2.24, 2.45) is 0 Å². The van der Waals surface area contributed by atoms with Crippen LogP contribution < -0.4 is 10.9 Å². The minimum atomic E-state index is -0.227. The van der Waals surface area contributed by atoms with E-state index in [4.69, 9.17) is 0 Å². The van der Waals surface area contributed by atoms with E-state index in [1.807, 2.05) is 67.6 Å². The fourth-order valence-electron chi connectivity index (χ4n) is 3.61. The molecule has 5 nitrogen and oxygen atoms in total. The minimum absolute atomic E-state index is 0.227. The monoisotopic (exact) mass is 404 g/mol. The number of hydrogen-bond acceptors (Lipinski definition) is 4. The lowest BCUT2D eigenvalue weighted by atomic mass is 9.99. The van der Waals surface area contributed by atoms with Gasteiger partial charge in [0.1, 0.15) is 0 Å². The topological polar surface area (TPSA) is 70.7 Å². The van der Waals surface area contributed by atoms with E-state index in [9.17, 15) is 4.79 Å². The van der Waals surface area contributed by atoms with Gasteiger partial charge in [0.15, 0.2) is 5.65 Å². The molecule has 0 bridgehead atoms. The third kappa shape index (κ3) is 3.81. The van der Waals surface area contributed by atoms with Gasteiger partial charge in [-0.1, -0.05) is 72.3 Å². The summed E-state index contributed by atoms with van der Waals surface area (Å²) in [5.41, 5.74) is 6.21. The van der Waals surface area contributed by atoms with Crippen LogP contribution in [0.2, 0.25) is 0 Å². The third-order valence-electron chi connectivity index (χ3n) is 5.22. The van der Waals surface area contributed by atoms with Crippen molar-refractivity contribution in [3.8, 4) is 22.3 Å². The summed E-state index contributed by atoms with van der Waals surface area (Å²) in [6.07, 6.45) is 1.69. The maximum absolute atomic E-state index is 13.0. The summed E-state index contributed by atoms with van der Waals surface area (Å²) in [6, 6.07) is 28.1. The van der Waals surface area contributed by atoms with Crippen LogP contribution in [-0.2, 0) is 0 Å². The number of aromatic nitrogens is 3. The molecule has 0 spiro atoms. The average Bonchev–Trinajstić information content (AvgIpc) is 2.81. The van der Waals surface area contributed by atoms with E-state index in [2.05, 4.69) is 44.5 Å². The zero-order chi connectivity index (χ0) is 21.2.